The van der Waals surface area contributed by atoms with E-state index in [1.807, 2.05) is 13.0 Å². The monoisotopic (exact) mass is 296 g/mol. The van der Waals surface area contributed by atoms with Crippen LogP contribution in [0.1, 0.15) is 97.8 Å². The Balaban J connectivity index is 3.49. The van der Waals surface area contributed by atoms with Crippen molar-refractivity contribution in [2.24, 2.45) is 0 Å². The lowest BCUT2D eigenvalue weighted by atomic mass is 10.1. The van der Waals surface area contributed by atoms with Gasteiger partial charge in [0.15, 0.2) is 0 Å². The molecule has 2 heteroatoms. The molecule has 1 unspecified atom stereocenters. The lowest BCUT2D eigenvalue weighted by molar-refractivity contribution is -0.146. The highest BCUT2D eigenvalue weighted by molar-refractivity contribution is 5.69. The summed E-state index contributed by atoms with van der Waals surface area (Å²) < 4.78 is 5.38. The summed E-state index contributed by atoms with van der Waals surface area (Å²) in [4.78, 5) is 11.7. The Morgan fingerprint density at radius 3 is 2.14 bits per heavy atom. The van der Waals surface area contributed by atoms with Crippen molar-refractivity contribution in [3.05, 3.63) is 12.2 Å². The highest BCUT2D eigenvalue weighted by Gasteiger charge is 2.06. The first-order valence-electron chi connectivity index (χ1n) is 9.06. The molecule has 0 heterocycles. The van der Waals surface area contributed by atoms with Crippen LogP contribution >= 0.6 is 0 Å². The molecular formula is C19H36O2. The van der Waals surface area contributed by atoms with Crippen molar-refractivity contribution in [3.8, 4) is 0 Å². The van der Waals surface area contributed by atoms with Gasteiger partial charge in [0.25, 0.3) is 0 Å². The molecule has 1 atom stereocenters. The van der Waals surface area contributed by atoms with Gasteiger partial charge in [-0.1, -0.05) is 71.3 Å². The number of hydrogen-bond acceptors (Lipinski definition) is 2. The van der Waals surface area contributed by atoms with Crippen LogP contribution in [-0.2, 0) is 9.53 Å². The number of rotatable bonds is 14. The Labute approximate surface area is 132 Å². The van der Waals surface area contributed by atoms with Gasteiger partial charge in [0, 0.05) is 6.42 Å². The Morgan fingerprint density at radius 2 is 1.48 bits per heavy atom. The van der Waals surface area contributed by atoms with Crippen molar-refractivity contribution < 1.29 is 9.53 Å². The molecule has 0 fully saturated rings. The summed E-state index contributed by atoms with van der Waals surface area (Å²) in [6.07, 6.45) is 18.1. The third-order valence-electron chi connectivity index (χ3n) is 3.68. The predicted molar refractivity (Wildman–Crippen MR) is 91.4 cm³/mol. The van der Waals surface area contributed by atoms with E-state index in [9.17, 15) is 4.79 Å². The van der Waals surface area contributed by atoms with Gasteiger partial charge in [-0.05, 0) is 32.3 Å². The Hall–Kier alpha value is -0.790. The van der Waals surface area contributed by atoms with Crippen LogP contribution in [-0.4, -0.2) is 12.1 Å². The van der Waals surface area contributed by atoms with Gasteiger partial charge in [-0.3, -0.25) is 4.79 Å². The van der Waals surface area contributed by atoms with Crippen molar-refractivity contribution in [1.82, 2.24) is 0 Å². The Morgan fingerprint density at radius 1 is 0.905 bits per heavy atom. The maximum absolute atomic E-state index is 11.7. The highest BCUT2D eigenvalue weighted by atomic mass is 16.5. The standard InChI is InChI=1S/C19H36O2/c1-4-6-8-10-12-14-16-18(3)21-19(20)17-15-13-11-9-7-5-2/h14,16,18H,4-13,15,17H2,1-3H3/b16-14-. The molecule has 0 amide bonds. The summed E-state index contributed by atoms with van der Waals surface area (Å²) >= 11 is 0. The van der Waals surface area contributed by atoms with Crippen molar-refractivity contribution >= 4 is 5.97 Å². The van der Waals surface area contributed by atoms with E-state index in [-0.39, 0.29) is 12.1 Å². The molecular weight excluding hydrogens is 260 g/mol. The summed E-state index contributed by atoms with van der Waals surface area (Å²) in [5, 5.41) is 0. The molecule has 0 aromatic heterocycles. The Kier molecular flexibility index (Phi) is 15.0. The minimum Gasteiger partial charge on any atom is -0.458 e. The Bertz CT molecular complexity index is 258. The van der Waals surface area contributed by atoms with Gasteiger partial charge >= 0.3 is 5.97 Å². The average molecular weight is 296 g/mol. The molecule has 0 aromatic carbocycles. The van der Waals surface area contributed by atoms with Crippen LogP contribution < -0.4 is 0 Å². The first-order chi connectivity index (χ1) is 10.2. The van der Waals surface area contributed by atoms with Gasteiger partial charge in [0.1, 0.15) is 6.10 Å². The molecule has 0 aliphatic carbocycles. The van der Waals surface area contributed by atoms with E-state index in [1.165, 1.54) is 51.4 Å². The van der Waals surface area contributed by atoms with E-state index in [1.54, 1.807) is 0 Å². The van der Waals surface area contributed by atoms with Gasteiger partial charge in [-0.2, -0.15) is 0 Å². The van der Waals surface area contributed by atoms with Gasteiger partial charge in [-0.15, -0.1) is 0 Å². The molecule has 0 aliphatic heterocycles. The second kappa shape index (κ2) is 15.6. The summed E-state index contributed by atoms with van der Waals surface area (Å²) in [5.74, 6) is -0.0476. The lowest BCUT2D eigenvalue weighted by Crippen LogP contribution is -2.12. The second-order valence-electron chi connectivity index (χ2n) is 5.99. The van der Waals surface area contributed by atoms with Crippen LogP contribution in [0.2, 0.25) is 0 Å². The fourth-order valence-electron chi connectivity index (χ4n) is 2.33. The number of esters is 1. The van der Waals surface area contributed by atoms with Crippen LogP contribution in [0.3, 0.4) is 0 Å². The zero-order chi connectivity index (χ0) is 15.8. The SMILES string of the molecule is CCCCCC/C=C\C(C)OC(=O)CCCCCCCC. The molecule has 124 valence electrons. The maximum atomic E-state index is 11.7. The minimum atomic E-state index is -0.0798. The van der Waals surface area contributed by atoms with Crippen molar-refractivity contribution in [1.29, 1.82) is 0 Å². The molecule has 21 heavy (non-hydrogen) atoms. The van der Waals surface area contributed by atoms with Crippen LogP contribution in [0, 0.1) is 0 Å². The van der Waals surface area contributed by atoms with Crippen LogP contribution in [0.25, 0.3) is 0 Å². The summed E-state index contributed by atoms with van der Waals surface area (Å²) in [7, 11) is 0. The normalized spacial score (nSPS) is 12.7. The number of carbonyl (C=O) groups is 1. The van der Waals surface area contributed by atoms with Gasteiger partial charge in [0.05, 0.1) is 0 Å². The molecule has 0 aliphatic rings. The summed E-state index contributed by atoms with van der Waals surface area (Å²) in [5.41, 5.74) is 0. The zero-order valence-electron chi connectivity index (χ0n) is 14.5. The van der Waals surface area contributed by atoms with Crippen molar-refractivity contribution in [2.45, 2.75) is 104 Å². The van der Waals surface area contributed by atoms with Gasteiger partial charge in [0.2, 0.25) is 0 Å². The molecule has 0 rings (SSSR count). The van der Waals surface area contributed by atoms with Crippen molar-refractivity contribution in [3.63, 3.8) is 0 Å². The van der Waals surface area contributed by atoms with E-state index < -0.39 is 0 Å². The topological polar surface area (TPSA) is 26.3 Å². The largest absolute Gasteiger partial charge is 0.458 e. The molecule has 0 saturated heterocycles. The molecule has 0 aromatic rings. The van der Waals surface area contributed by atoms with E-state index >= 15 is 0 Å². The average Bonchev–Trinajstić information content (AvgIpc) is 2.46. The smallest absolute Gasteiger partial charge is 0.306 e. The fourth-order valence-corrected chi connectivity index (χ4v) is 2.33. The molecule has 2 nitrogen and oxygen atoms in total. The van der Waals surface area contributed by atoms with Gasteiger partial charge < -0.3 is 4.74 Å². The van der Waals surface area contributed by atoms with E-state index in [0.29, 0.717) is 6.42 Å². The highest BCUT2D eigenvalue weighted by Crippen LogP contribution is 2.09. The van der Waals surface area contributed by atoms with Crippen LogP contribution in [0.4, 0.5) is 0 Å². The van der Waals surface area contributed by atoms with Gasteiger partial charge in [-0.25, -0.2) is 0 Å². The molecule has 0 radical (unpaired) electrons. The number of hydrogen-bond donors (Lipinski definition) is 0. The summed E-state index contributed by atoms with van der Waals surface area (Å²) in [6, 6.07) is 0. The molecule has 0 bridgehead atoms. The van der Waals surface area contributed by atoms with Crippen LogP contribution in [0.5, 0.6) is 0 Å². The first-order valence-corrected chi connectivity index (χ1v) is 9.06. The third kappa shape index (κ3) is 15.4. The quantitative estimate of drug-likeness (QED) is 0.217. The van der Waals surface area contributed by atoms with E-state index in [0.717, 1.165) is 19.3 Å². The minimum absolute atomic E-state index is 0.0476. The van der Waals surface area contributed by atoms with Crippen molar-refractivity contribution in [2.75, 3.05) is 0 Å². The predicted octanol–water partition coefficient (Wildman–Crippen LogP) is 6.20. The first kappa shape index (κ1) is 20.2. The molecule has 0 N–H and O–H groups in total. The van der Waals surface area contributed by atoms with Crippen LogP contribution in [0.15, 0.2) is 12.2 Å². The number of unbranched alkanes of at least 4 members (excludes halogenated alkanes) is 9. The number of ether oxygens (including phenoxy) is 1. The molecule has 0 spiro atoms. The molecule has 0 saturated carbocycles. The number of allylic oxidation sites excluding steroid dienone is 1. The third-order valence-corrected chi connectivity index (χ3v) is 3.68. The lowest BCUT2D eigenvalue weighted by Gasteiger charge is -2.09. The second-order valence-corrected chi connectivity index (χ2v) is 5.99. The zero-order valence-corrected chi connectivity index (χ0v) is 14.5. The van der Waals surface area contributed by atoms with E-state index in [2.05, 4.69) is 19.9 Å². The fraction of sp³-hybridized carbons (Fsp3) is 0.842. The summed E-state index contributed by atoms with van der Waals surface area (Å²) in [6.45, 7) is 6.39. The maximum Gasteiger partial charge on any atom is 0.306 e. The number of carbonyl (C=O) groups excluding carboxylic acids is 1. The van der Waals surface area contributed by atoms with E-state index in [4.69, 9.17) is 4.74 Å².